The summed E-state index contributed by atoms with van der Waals surface area (Å²) in [6, 6.07) is 16.5. The predicted molar refractivity (Wildman–Crippen MR) is 108 cm³/mol. The number of benzene rings is 2. The Kier molecular flexibility index (Phi) is 4.77. The van der Waals surface area contributed by atoms with Crippen LogP contribution in [0.2, 0.25) is 5.02 Å². The van der Waals surface area contributed by atoms with Crippen molar-refractivity contribution in [1.29, 1.82) is 0 Å². The van der Waals surface area contributed by atoms with Gasteiger partial charge in [-0.1, -0.05) is 41.9 Å². The fraction of sp³-hybridized carbons (Fsp3) is 0.0952. The van der Waals surface area contributed by atoms with Crippen molar-refractivity contribution in [2.24, 2.45) is 0 Å². The Balaban J connectivity index is 1.65. The Morgan fingerprint density at radius 1 is 0.929 bits per heavy atom. The molecule has 0 aliphatic carbocycles. The van der Waals surface area contributed by atoms with E-state index in [0.717, 1.165) is 44.4 Å². The van der Waals surface area contributed by atoms with E-state index in [-0.39, 0.29) is 0 Å². The smallest absolute Gasteiger partial charge is 0.341 e. The molecule has 0 spiro atoms. The molecule has 0 saturated heterocycles. The fourth-order valence-electron chi connectivity index (χ4n) is 2.94. The zero-order chi connectivity index (χ0) is 19.9. The van der Waals surface area contributed by atoms with Gasteiger partial charge in [0.2, 0.25) is 0 Å². The highest BCUT2D eigenvalue weighted by Crippen LogP contribution is 2.37. The zero-order valence-corrected chi connectivity index (χ0v) is 16.2. The van der Waals surface area contributed by atoms with E-state index in [1.807, 2.05) is 43.3 Å². The molecule has 0 radical (unpaired) electrons. The van der Waals surface area contributed by atoms with Crippen molar-refractivity contribution >= 4 is 22.9 Å². The van der Waals surface area contributed by atoms with Crippen LogP contribution < -0.4 is 0 Å². The number of alkyl halides is 3. The third kappa shape index (κ3) is 3.57. The normalized spacial score (nSPS) is 11.8. The number of imidazole rings is 1. The second kappa shape index (κ2) is 7.11. The molecule has 0 bridgehead atoms. The summed E-state index contributed by atoms with van der Waals surface area (Å²) in [7, 11) is 0. The molecule has 2 aromatic heterocycles. The Morgan fingerprint density at radius 2 is 1.61 bits per heavy atom. The summed E-state index contributed by atoms with van der Waals surface area (Å²) in [6.07, 6.45) is -4.33. The number of thiophene rings is 1. The third-order valence-electron chi connectivity index (χ3n) is 4.35. The summed E-state index contributed by atoms with van der Waals surface area (Å²) in [6.45, 7) is 1.93. The first kappa shape index (κ1) is 18.8. The lowest BCUT2D eigenvalue weighted by molar-refractivity contribution is -0.137. The van der Waals surface area contributed by atoms with Crippen LogP contribution in [0.1, 0.15) is 11.3 Å². The van der Waals surface area contributed by atoms with Gasteiger partial charge in [-0.25, -0.2) is 4.98 Å². The van der Waals surface area contributed by atoms with E-state index in [1.165, 1.54) is 23.5 Å². The maximum Gasteiger partial charge on any atom is 0.416 e. The SMILES string of the molecule is Cc1[nH]c(-c2ccc(-c3ccc(C(F)(F)F)cc3)s2)nc1-c1ccccc1Cl. The number of aromatic nitrogens is 2. The van der Waals surface area contributed by atoms with E-state index < -0.39 is 11.7 Å². The molecule has 4 rings (SSSR count). The summed E-state index contributed by atoms with van der Waals surface area (Å²) < 4.78 is 38.2. The van der Waals surface area contributed by atoms with Gasteiger partial charge in [0.1, 0.15) is 5.82 Å². The number of hydrogen-bond acceptors (Lipinski definition) is 2. The number of H-pyrrole nitrogens is 1. The lowest BCUT2D eigenvalue weighted by atomic mass is 10.1. The average Bonchev–Trinajstić information content (AvgIpc) is 3.29. The number of aryl methyl sites for hydroxylation is 1. The lowest BCUT2D eigenvalue weighted by Gasteiger charge is -2.06. The largest absolute Gasteiger partial charge is 0.416 e. The first-order valence-corrected chi connectivity index (χ1v) is 9.62. The van der Waals surface area contributed by atoms with Gasteiger partial charge < -0.3 is 4.98 Å². The summed E-state index contributed by atoms with van der Waals surface area (Å²) in [4.78, 5) is 9.73. The molecule has 0 aliphatic heterocycles. The molecule has 142 valence electrons. The van der Waals surface area contributed by atoms with Gasteiger partial charge in [-0.15, -0.1) is 11.3 Å². The molecule has 2 aromatic carbocycles. The quantitative estimate of drug-likeness (QED) is 0.367. The van der Waals surface area contributed by atoms with Crippen LogP contribution in [0.4, 0.5) is 13.2 Å². The molecule has 2 heterocycles. The summed E-state index contributed by atoms with van der Waals surface area (Å²) in [5.41, 5.74) is 2.61. The summed E-state index contributed by atoms with van der Waals surface area (Å²) in [5.74, 6) is 0.704. The first-order valence-electron chi connectivity index (χ1n) is 8.42. The maximum absolute atomic E-state index is 12.7. The Bertz CT molecular complexity index is 1130. The lowest BCUT2D eigenvalue weighted by Crippen LogP contribution is -2.03. The van der Waals surface area contributed by atoms with Gasteiger partial charge in [-0.05, 0) is 42.8 Å². The monoisotopic (exact) mass is 418 g/mol. The van der Waals surface area contributed by atoms with Gasteiger partial charge in [0, 0.05) is 16.1 Å². The molecular weight excluding hydrogens is 405 g/mol. The molecular formula is C21H14ClF3N2S. The van der Waals surface area contributed by atoms with E-state index in [9.17, 15) is 13.2 Å². The van der Waals surface area contributed by atoms with Crippen LogP contribution in [0.25, 0.3) is 32.4 Å². The standard InChI is InChI=1S/C21H14ClF3N2S/c1-12-19(15-4-2-3-5-16(15)22)27-20(26-12)18-11-10-17(28-18)13-6-8-14(9-7-13)21(23,24)25/h2-11H,1H3,(H,26,27). The van der Waals surface area contributed by atoms with Crippen molar-refractivity contribution in [2.45, 2.75) is 13.1 Å². The molecule has 28 heavy (non-hydrogen) atoms. The third-order valence-corrected chi connectivity index (χ3v) is 5.82. The van der Waals surface area contributed by atoms with E-state index >= 15 is 0 Å². The molecule has 0 unspecified atom stereocenters. The minimum atomic E-state index is -4.33. The molecule has 0 aliphatic rings. The number of hydrogen-bond donors (Lipinski definition) is 1. The summed E-state index contributed by atoms with van der Waals surface area (Å²) in [5, 5.41) is 0.625. The minimum Gasteiger partial charge on any atom is -0.341 e. The van der Waals surface area contributed by atoms with Crippen molar-refractivity contribution < 1.29 is 13.2 Å². The van der Waals surface area contributed by atoms with Crippen LogP contribution in [0.3, 0.4) is 0 Å². The number of halogens is 4. The number of nitrogens with one attached hydrogen (secondary N) is 1. The van der Waals surface area contributed by atoms with E-state index in [0.29, 0.717) is 10.8 Å². The van der Waals surface area contributed by atoms with Gasteiger partial charge >= 0.3 is 6.18 Å². The number of rotatable bonds is 3. The van der Waals surface area contributed by atoms with Gasteiger partial charge in [0.05, 0.1) is 21.2 Å². The molecule has 4 aromatic rings. The molecule has 0 saturated carbocycles. The molecule has 0 amide bonds. The van der Waals surface area contributed by atoms with E-state index in [1.54, 1.807) is 0 Å². The molecule has 7 heteroatoms. The van der Waals surface area contributed by atoms with Crippen molar-refractivity contribution in [3.63, 3.8) is 0 Å². The molecule has 2 nitrogen and oxygen atoms in total. The van der Waals surface area contributed by atoms with Crippen LogP contribution in [-0.2, 0) is 6.18 Å². The average molecular weight is 419 g/mol. The van der Waals surface area contributed by atoms with Crippen molar-refractivity contribution in [3.8, 4) is 32.4 Å². The van der Waals surface area contributed by atoms with Crippen LogP contribution >= 0.6 is 22.9 Å². The highest BCUT2D eigenvalue weighted by molar-refractivity contribution is 7.18. The van der Waals surface area contributed by atoms with Gasteiger partial charge in [0.25, 0.3) is 0 Å². The Morgan fingerprint density at radius 3 is 2.29 bits per heavy atom. The second-order valence-electron chi connectivity index (χ2n) is 6.28. The highest BCUT2D eigenvalue weighted by Gasteiger charge is 2.30. The number of nitrogens with zero attached hydrogens (tertiary/aromatic N) is 1. The fourth-order valence-corrected chi connectivity index (χ4v) is 4.12. The summed E-state index contributed by atoms with van der Waals surface area (Å²) >= 11 is 7.75. The Hall–Kier alpha value is -2.57. The van der Waals surface area contributed by atoms with Crippen molar-refractivity contribution in [1.82, 2.24) is 9.97 Å². The topological polar surface area (TPSA) is 28.7 Å². The van der Waals surface area contributed by atoms with Crippen LogP contribution in [0.5, 0.6) is 0 Å². The van der Waals surface area contributed by atoms with Gasteiger partial charge in [-0.3, -0.25) is 0 Å². The van der Waals surface area contributed by atoms with Gasteiger partial charge in [-0.2, -0.15) is 13.2 Å². The van der Waals surface area contributed by atoms with E-state index in [2.05, 4.69) is 9.97 Å². The van der Waals surface area contributed by atoms with E-state index in [4.69, 9.17) is 11.6 Å². The predicted octanol–water partition coefficient (Wildman–Crippen LogP) is 7.45. The molecule has 0 fully saturated rings. The van der Waals surface area contributed by atoms with Gasteiger partial charge in [0.15, 0.2) is 0 Å². The first-order chi connectivity index (χ1) is 13.3. The Labute approximate surface area is 168 Å². The zero-order valence-electron chi connectivity index (χ0n) is 14.6. The van der Waals surface area contributed by atoms with Crippen LogP contribution in [-0.4, -0.2) is 9.97 Å². The highest BCUT2D eigenvalue weighted by atomic mass is 35.5. The van der Waals surface area contributed by atoms with Crippen molar-refractivity contribution in [2.75, 3.05) is 0 Å². The van der Waals surface area contributed by atoms with Crippen LogP contribution in [0, 0.1) is 6.92 Å². The maximum atomic E-state index is 12.7. The van der Waals surface area contributed by atoms with Crippen molar-refractivity contribution in [3.05, 3.63) is 76.9 Å². The second-order valence-corrected chi connectivity index (χ2v) is 7.77. The molecule has 1 N–H and O–H groups in total. The van der Waals surface area contributed by atoms with Crippen LogP contribution in [0.15, 0.2) is 60.7 Å². The minimum absolute atomic E-state index is 0.625. The number of aromatic amines is 1. The molecule has 0 atom stereocenters.